The zero-order valence-corrected chi connectivity index (χ0v) is 7.05. The quantitative estimate of drug-likeness (QED) is 0.588. The molecule has 0 aliphatic carbocycles. The molecule has 14 heavy (non-hydrogen) atoms. The van der Waals surface area contributed by atoms with Gasteiger partial charge in [0.2, 0.25) is 0 Å². The number of methoxy groups -OCH3 is 1. The summed E-state index contributed by atoms with van der Waals surface area (Å²) in [7, 11) is 1.01. The Morgan fingerprint density at radius 3 is 2.64 bits per heavy atom. The Hall–Kier alpha value is -1.31. The Morgan fingerprint density at radius 1 is 1.71 bits per heavy atom. The molecule has 0 bridgehead atoms. The van der Waals surface area contributed by atoms with Crippen LogP contribution in [0.5, 0.6) is 0 Å². The van der Waals surface area contributed by atoms with E-state index in [1.165, 1.54) is 5.43 Å². The summed E-state index contributed by atoms with van der Waals surface area (Å²) in [4.78, 5) is 10.8. The summed E-state index contributed by atoms with van der Waals surface area (Å²) in [6, 6.07) is 0. The highest BCUT2D eigenvalue weighted by atomic mass is 19.4. The van der Waals surface area contributed by atoms with Gasteiger partial charge in [-0.25, -0.2) is 4.79 Å². The second kappa shape index (κ2) is 3.12. The predicted octanol–water partition coefficient (Wildman–Crippen LogP) is -0.240. The summed E-state index contributed by atoms with van der Waals surface area (Å²) >= 11 is 0. The van der Waals surface area contributed by atoms with Gasteiger partial charge in [-0.3, -0.25) is 5.43 Å². The summed E-state index contributed by atoms with van der Waals surface area (Å²) in [6.07, 6.45) is -5.85. The maximum Gasteiger partial charge on any atom is 0.438 e. The number of carbonyl (C=O) groups is 1. The summed E-state index contributed by atoms with van der Waals surface area (Å²) in [5.41, 5.74) is -2.21. The number of ether oxygens (including phenoxy) is 1. The highest BCUT2D eigenvalue weighted by molar-refractivity contribution is 6.37. The fraction of sp³-hybridized carbons (Fsp3) is 0.667. The Balaban J connectivity index is 2.75. The number of nitrogens with zero attached hydrogens (tertiary/aromatic N) is 1. The van der Waals surface area contributed by atoms with E-state index in [2.05, 4.69) is 9.84 Å². The summed E-state index contributed by atoms with van der Waals surface area (Å²) in [5, 5.41) is 12.0. The van der Waals surface area contributed by atoms with E-state index in [1.807, 2.05) is 0 Å². The molecule has 1 atom stereocenters. The molecule has 1 rings (SSSR count). The van der Waals surface area contributed by atoms with Crippen molar-refractivity contribution in [2.75, 3.05) is 7.11 Å². The maximum absolute atomic E-state index is 12.1. The first-order valence-corrected chi connectivity index (χ1v) is 3.51. The van der Waals surface area contributed by atoms with E-state index in [0.717, 1.165) is 7.11 Å². The van der Waals surface area contributed by atoms with E-state index in [4.69, 9.17) is 5.11 Å². The van der Waals surface area contributed by atoms with Crippen LogP contribution in [0.3, 0.4) is 0 Å². The first kappa shape index (κ1) is 10.8. The number of hydrogen-bond donors (Lipinski definition) is 2. The lowest BCUT2D eigenvalue weighted by Gasteiger charge is -2.24. The standard InChI is InChI=1S/C6H7F3N2O3/c1-14-4(12)3-2-5(13,11-10-3)6(7,8)9/h11,13H,2H2,1H3. The number of aliphatic hydroxyl groups is 1. The van der Waals surface area contributed by atoms with Gasteiger partial charge in [-0.2, -0.15) is 18.3 Å². The Labute approximate surface area is 76.5 Å². The minimum Gasteiger partial charge on any atom is -0.464 e. The molecule has 0 saturated carbocycles. The number of hydrogen-bond acceptors (Lipinski definition) is 5. The van der Waals surface area contributed by atoms with Gasteiger partial charge in [0.1, 0.15) is 0 Å². The fourth-order valence-electron chi connectivity index (χ4n) is 0.881. The Morgan fingerprint density at radius 2 is 2.29 bits per heavy atom. The highest BCUT2D eigenvalue weighted by Gasteiger charge is 2.58. The van der Waals surface area contributed by atoms with Crippen molar-refractivity contribution in [2.45, 2.75) is 18.3 Å². The molecule has 1 aliphatic heterocycles. The third kappa shape index (κ3) is 1.65. The molecule has 0 amide bonds. The molecule has 0 aromatic heterocycles. The largest absolute Gasteiger partial charge is 0.464 e. The average molecular weight is 212 g/mol. The van der Waals surface area contributed by atoms with Crippen LogP contribution in [0.15, 0.2) is 5.10 Å². The van der Waals surface area contributed by atoms with E-state index in [1.54, 1.807) is 0 Å². The van der Waals surface area contributed by atoms with Crippen LogP contribution in [-0.2, 0) is 9.53 Å². The number of carbonyl (C=O) groups excluding carboxylic acids is 1. The van der Waals surface area contributed by atoms with Crippen LogP contribution >= 0.6 is 0 Å². The monoisotopic (exact) mass is 212 g/mol. The van der Waals surface area contributed by atoms with E-state index < -0.39 is 30.0 Å². The Bertz CT molecular complexity index is 289. The van der Waals surface area contributed by atoms with Crippen molar-refractivity contribution < 1.29 is 27.8 Å². The molecule has 2 N–H and O–H groups in total. The summed E-state index contributed by atoms with van der Waals surface area (Å²) < 4.78 is 40.6. The van der Waals surface area contributed by atoms with Gasteiger partial charge in [0.25, 0.3) is 5.72 Å². The molecule has 0 fully saturated rings. The maximum atomic E-state index is 12.1. The summed E-state index contributed by atoms with van der Waals surface area (Å²) in [5.74, 6) is -1.00. The molecular weight excluding hydrogens is 205 g/mol. The minimum atomic E-state index is -4.90. The van der Waals surface area contributed by atoms with Crippen molar-refractivity contribution in [1.29, 1.82) is 0 Å². The first-order chi connectivity index (χ1) is 6.30. The molecule has 1 unspecified atom stereocenters. The third-order valence-electron chi connectivity index (χ3n) is 1.69. The van der Waals surface area contributed by atoms with Crippen molar-refractivity contribution in [3.63, 3.8) is 0 Å². The number of esters is 1. The molecule has 0 aromatic carbocycles. The lowest BCUT2D eigenvalue weighted by atomic mass is 10.1. The minimum absolute atomic E-state index is 0.493. The van der Waals surface area contributed by atoms with Gasteiger partial charge in [0, 0.05) is 0 Å². The van der Waals surface area contributed by atoms with Crippen LogP contribution < -0.4 is 5.43 Å². The van der Waals surface area contributed by atoms with Gasteiger partial charge in [-0.05, 0) is 0 Å². The van der Waals surface area contributed by atoms with Crippen LogP contribution in [0, 0.1) is 0 Å². The third-order valence-corrected chi connectivity index (χ3v) is 1.69. The van der Waals surface area contributed by atoms with E-state index in [-0.39, 0.29) is 0 Å². The molecule has 0 spiro atoms. The van der Waals surface area contributed by atoms with Crippen LogP contribution in [-0.4, -0.2) is 35.8 Å². The van der Waals surface area contributed by atoms with Crippen molar-refractivity contribution >= 4 is 11.7 Å². The number of nitrogens with one attached hydrogen (secondary N) is 1. The Kier molecular flexibility index (Phi) is 2.40. The lowest BCUT2D eigenvalue weighted by molar-refractivity contribution is -0.266. The van der Waals surface area contributed by atoms with Gasteiger partial charge < -0.3 is 9.84 Å². The van der Waals surface area contributed by atoms with Crippen molar-refractivity contribution in [2.24, 2.45) is 5.10 Å². The number of alkyl halides is 3. The van der Waals surface area contributed by atoms with Crippen molar-refractivity contribution in [3.05, 3.63) is 0 Å². The van der Waals surface area contributed by atoms with Gasteiger partial charge in [-0.1, -0.05) is 0 Å². The normalized spacial score (nSPS) is 26.8. The van der Waals surface area contributed by atoms with Crippen molar-refractivity contribution in [3.8, 4) is 0 Å². The first-order valence-electron chi connectivity index (χ1n) is 3.51. The van der Waals surface area contributed by atoms with Crippen LogP contribution in [0.2, 0.25) is 0 Å². The molecule has 1 aliphatic rings. The highest BCUT2D eigenvalue weighted by Crippen LogP contribution is 2.33. The van der Waals surface area contributed by atoms with E-state index in [9.17, 15) is 18.0 Å². The second-order valence-electron chi connectivity index (χ2n) is 2.70. The number of hydrazone groups is 1. The molecule has 5 nitrogen and oxygen atoms in total. The number of rotatable bonds is 1. The van der Waals surface area contributed by atoms with Crippen LogP contribution in [0.4, 0.5) is 13.2 Å². The lowest BCUT2D eigenvalue weighted by Crippen LogP contribution is -2.52. The van der Waals surface area contributed by atoms with Crippen LogP contribution in [0.25, 0.3) is 0 Å². The smallest absolute Gasteiger partial charge is 0.438 e. The molecule has 8 heteroatoms. The van der Waals surface area contributed by atoms with Gasteiger partial charge in [0.15, 0.2) is 5.71 Å². The van der Waals surface area contributed by atoms with Crippen molar-refractivity contribution in [1.82, 2.24) is 5.43 Å². The predicted molar refractivity (Wildman–Crippen MR) is 38.2 cm³/mol. The van der Waals surface area contributed by atoms with Gasteiger partial charge >= 0.3 is 12.1 Å². The molecule has 0 saturated heterocycles. The van der Waals surface area contributed by atoms with E-state index >= 15 is 0 Å². The molecule has 0 aromatic rings. The van der Waals surface area contributed by atoms with E-state index in [0.29, 0.717) is 0 Å². The molecule has 80 valence electrons. The van der Waals surface area contributed by atoms with Gasteiger partial charge in [-0.15, -0.1) is 0 Å². The topological polar surface area (TPSA) is 70.9 Å². The van der Waals surface area contributed by atoms with Gasteiger partial charge in [0.05, 0.1) is 13.5 Å². The molecule has 1 heterocycles. The second-order valence-corrected chi connectivity index (χ2v) is 2.70. The molecule has 0 radical (unpaired) electrons. The molecular formula is C6H7F3N2O3. The zero-order valence-electron chi connectivity index (χ0n) is 7.05. The van der Waals surface area contributed by atoms with Crippen LogP contribution in [0.1, 0.15) is 6.42 Å². The number of halogens is 3. The summed E-state index contributed by atoms with van der Waals surface area (Å²) in [6.45, 7) is 0. The fourth-order valence-corrected chi connectivity index (χ4v) is 0.881. The average Bonchev–Trinajstić information content (AvgIpc) is 2.47. The zero-order chi connectivity index (χ0) is 11.0. The SMILES string of the molecule is COC(=O)C1=NNC(O)(C(F)(F)F)C1.